The summed E-state index contributed by atoms with van der Waals surface area (Å²) in [7, 11) is 0. The number of hydrogen-bond donors (Lipinski definition) is 0. The molecule has 2 aromatic carbocycles. The van der Waals surface area contributed by atoms with Crippen LogP contribution >= 0.6 is 0 Å². The number of amides is 1. The minimum Gasteiger partial charge on any atom is -0.447 e. The lowest BCUT2D eigenvalue weighted by atomic mass is 9.98. The van der Waals surface area contributed by atoms with E-state index in [0.717, 1.165) is 0 Å². The summed E-state index contributed by atoms with van der Waals surface area (Å²) in [5.74, 6) is 0.0836. The van der Waals surface area contributed by atoms with Crippen molar-refractivity contribution in [3.05, 3.63) is 72.3 Å². The minimum atomic E-state index is -0.531. The van der Waals surface area contributed by atoms with E-state index >= 15 is 0 Å². The third kappa shape index (κ3) is 2.55. The number of rotatable bonds is 4. The zero-order valence-electron chi connectivity index (χ0n) is 11.7. The molecule has 0 unspecified atom stereocenters. The summed E-state index contributed by atoms with van der Waals surface area (Å²) in [5.41, 5.74) is 4.85. The van der Waals surface area contributed by atoms with Crippen LogP contribution in [0.5, 0.6) is 0 Å². The van der Waals surface area contributed by atoms with Gasteiger partial charge in [-0.15, -0.1) is 6.58 Å². The maximum Gasteiger partial charge on any atom is 0.429 e. The molecule has 0 heterocycles. The highest BCUT2D eigenvalue weighted by Crippen LogP contribution is 2.44. The van der Waals surface area contributed by atoms with Crippen LogP contribution in [0.15, 0.2) is 61.2 Å². The number of carbonyl (C=O) groups excluding carboxylic acids is 1. The highest BCUT2D eigenvalue weighted by Gasteiger charge is 2.28. The Morgan fingerprint density at radius 3 is 2.24 bits per heavy atom. The second-order valence-corrected chi connectivity index (χ2v) is 4.93. The Morgan fingerprint density at radius 1 is 1.10 bits per heavy atom. The first-order chi connectivity index (χ1) is 10.3. The van der Waals surface area contributed by atoms with Crippen molar-refractivity contribution in [2.24, 2.45) is 0 Å². The van der Waals surface area contributed by atoms with Crippen LogP contribution < -0.4 is 5.32 Å². The van der Waals surface area contributed by atoms with E-state index in [-0.39, 0.29) is 12.5 Å². The van der Waals surface area contributed by atoms with Gasteiger partial charge in [-0.1, -0.05) is 54.6 Å². The normalized spacial score (nSPS) is 12.4. The minimum absolute atomic E-state index is 0.0836. The standard InChI is InChI=1S/C18H16NO2/c1-2-11-19-18(20)21-12-17-15-9-5-3-7-13(15)14-8-4-6-10-16(14)17/h2-10,17H,1,11-12H2. The topological polar surface area (TPSA) is 40.4 Å². The number of fused-ring (bicyclic) bond motifs is 3. The van der Waals surface area contributed by atoms with E-state index in [1.807, 2.05) is 24.3 Å². The average molecular weight is 278 g/mol. The highest BCUT2D eigenvalue weighted by molar-refractivity contribution is 5.79. The quantitative estimate of drug-likeness (QED) is 0.800. The van der Waals surface area contributed by atoms with Gasteiger partial charge in [0.25, 0.3) is 0 Å². The molecule has 1 radical (unpaired) electrons. The molecule has 1 amide bonds. The fourth-order valence-corrected chi connectivity index (χ4v) is 2.78. The van der Waals surface area contributed by atoms with Crippen molar-refractivity contribution >= 4 is 6.09 Å². The fraction of sp³-hybridized carbons (Fsp3) is 0.167. The van der Waals surface area contributed by atoms with Crippen molar-refractivity contribution in [2.75, 3.05) is 13.2 Å². The second kappa shape index (κ2) is 5.83. The van der Waals surface area contributed by atoms with Crippen molar-refractivity contribution in [1.82, 2.24) is 5.32 Å². The van der Waals surface area contributed by atoms with Gasteiger partial charge in [-0.3, -0.25) is 0 Å². The molecule has 21 heavy (non-hydrogen) atoms. The van der Waals surface area contributed by atoms with Crippen LogP contribution in [0.3, 0.4) is 0 Å². The Bertz CT molecular complexity index is 633. The SMILES string of the molecule is C=CC[N]C(=O)OCC1c2ccccc2-c2ccccc21. The van der Waals surface area contributed by atoms with Crippen molar-refractivity contribution in [1.29, 1.82) is 0 Å². The van der Waals surface area contributed by atoms with Gasteiger partial charge in [0.15, 0.2) is 0 Å². The molecule has 0 aromatic heterocycles. The molecule has 2 aromatic rings. The molecular weight excluding hydrogens is 262 g/mol. The Kier molecular flexibility index (Phi) is 3.73. The molecule has 0 atom stereocenters. The lowest BCUT2D eigenvalue weighted by Gasteiger charge is -2.13. The van der Waals surface area contributed by atoms with Crippen molar-refractivity contribution in [3.8, 4) is 11.1 Å². The van der Waals surface area contributed by atoms with E-state index < -0.39 is 6.09 Å². The van der Waals surface area contributed by atoms with E-state index in [4.69, 9.17) is 4.74 Å². The summed E-state index contributed by atoms with van der Waals surface area (Å²) in [5, 5.41) is 3.74. The first-order valence-electron chi connectivity index (χ1n) is 6.94. The Balaban J connectivity index is 1.82. The lowest BCUT2D eigenvalue weighted by molar-refractivity contribution is 0.143. The molecule has 0 saturated carbocycles. The second-order valence-electron chi connectivity index (χ2n) is 4.93. The molecular formula is C18H16NO2. The van der Waals surface area contributed by atoms with E-state index in [1.54, 1.807) is 6.08 Å². The molecule has 0 spiro atoms. The number of benzene rings is 2. The molecule has 0 saturated heterocycles. The number of carbonyl (C=O) groups is 1. The molecule has 0 N–H and O–H groups in total. The molecule has 3 nitrogen and oxygen atoms in total. The Hall–Kier alpha value is -2.55. The first-order valence-corrected chi connectivity index (χ1v) is 6.94. The summed E-state index contributed by atoms with van der Waals surface area (Å²) in [4.78, 5) is 11.5. The van der Waals surface area contributed by atoms with Gasteiger partial charge in [-0.25, -0.2) is 10.1 Å². The fourth-order valence-electron chi connectivity index (χ4n) is 2.78. The van der Waals surface area contributed by atoms with Crippen molar-refractivity contribution in [3.63, 3.8) is 0 Å². The van der Waals surface area contributed by atoms with Crippen LogP contribution in [0.1, 0.15) is 17.0 Å². The van der Waals surface area contributed by atoms with Crippen molar-refractivity contribution < 1.29 is 9.53 Å². The molecule has 1 aliphatic carbocycles. The van der Waals surface area contributed by atoms with Crippen LogP contribution in [0, 0.1) is 0 Å². The van der Waals surface area contributed by atoms with E-state index in [0.29, 0.717) is 6.61 Å². The smallest absolute Gasteiger partial charge is 0.429 e. The van der Waals surface area contributed by atoms with E-state index in [1.165, 1.54) is 22.3 Å². The molecule has 105 valence electrons. The molecule has 0 aliphatic heterocycles. The van der Waals surface area contributed by atoms with E-state index in [2.05, 4.69) is 36.2 Å². The average Bonchev–Trinajstić information content (AvgIpc) is 2.85. The highest BCUT2D eigenvalue weighted by atomic mass is 16.5. The summed E-state index contributed by atoms with van der Waals surface area (Å²) >= 11 is 0. The van der Waals surface area contributed by atoms with Gasteiger partial charge in [0.05, 0.1) is 6.54 Å². The van der Waals surface area contributed by atoms with Gasteiger partial charge in [0, 0.05) is 5.92 Å². The van der Waals surface area contributed by atoms with Gasteiger partial charge in [0.2, 0.25) is 0 Å². The maximum absolute atomic E-state index is 11.5. The number of nitrogens with zero attached hydrogens (tertiary/aromatic N) is 1. The Morgan fingerprint density at radius 2 is 1.67 bits per heavy atom. The van der Waals surface area contributed by atoms with Gasteiger partial charge < -0.3 is 4.74 Å². The first kappa shape index (κ1) is 13.4. The third-order valence-corrected chi connectivity index (χ3v) is 3.69. The van der Waals surface area contributed by atoms with Gasteiger partial charge >= 0.3 is 6.09 Å². The Labute approximate surface area is 124 Å². The van der Waals surface area contributed by atoms with E-state index in [9.17, 15) is 4.79 Å². The molecule has 3 heteroatoms. The van der Waals surface area contributed by atoms with Gasteiger partial charge in [0.1, 0.15) is 6.61 Å². The summed E-state index contributed by atoms with van der Waals surface area (Å²) in [6.07, 6.45) is 1.04. The number of hydrogen-bond acceptors (Lipinski definition) is 2. The zero-order chi connectivity index (χ0) is 14.7. The zero-order valence-corrected chi connectivity index (χ0v) is 11.7. The number of ether oxygens (including phenoxy) is 1. The summed E-state index contributed by atoms with van der Waals surface area (Å²) in [6, 6.07) is 16.5. The van der Waals surface area contributed by atoms with Crippen LogP contribution in [0.25, 0.3) is 11.1 Å². The van der Waals surface area contributed by atoms with Crippen LogP contribution in [-0.2, 0) is 4.74 Å². The summed E-state index contributed by atoms with van der Waals surface area (Å²) < 4.78 is 5.29. The molecule has 0 fully saturated rings. The van der Waals surface area contributed by atoms with Crippen LogP contribution in [-0.4, -0.2) is 19.2 Å². The molecule has 0 bridgehead atoms. The molecule has 1 aliphatic rings. The molecule has 3 rings (SSSR count). The maximum atomic E-state index is 11.5. The summed E-state index contributed by atoms with van der Waals surface area (Å²) in [6.45, 7) is 4.13. The van der Waals surface area contributed by atoms with Crippen molar-refractivity contribution in [2.45, 2.75) is 5.92 Å². The van der Waals surface area contributed by atoms with Gasteiger partial charge in [-0.2, -0.15) is 0 Å². The largest absolute Gasteiger partial charge is 0.447 e. The predicted octanol–water partition coefficient (Wildman–Crippen LogP) is 3.73. The van der Waals surface area contributed by atoms with Gasteiger partial charge in [-0.05, 0) is 22.3 Å². The van der Waals surface area contributed by atoms with Crippen LogP contribution in [0.2, 0.25) is 0 Å². The monoisotopic (exact) mass is 278 g/mol. The lowest BCUT2D eigenvalue weighted by Crippen LogP contribution is -2.20. The van der Waals surface area contributed by atoms with Crippen LogP contribution in [0.4, 0.5) is 4.79 Å². The third-order valence-electron chi connectivity index (χ3n) is 3.69. The predicted molar refractivity (Wildman–Crippen MR) is 82.3 cm³/mol.